The number of halogens is 2. The summed E-state index contributed by atoms with van der Waals surface area (Å²) in [5, 5.41) is 22.0. The Kier molecular flexibility index (Phi) is 17.9. The van der Waals surface area contributed by atoms with Gasteiger partial charge in [0.25, 0.3) is 0 Å². The maximum absolute atomic E-state index is 6.64. The summed E-state index contributed by atoms with van der Waals surface area (Å²) in [6.07, 6.45) is 0.947. The van der Waals surface area contributed by atoms with E-state index < -0.39 is 0 Å². The monoisotopic (exact) mass is 1640 g/mol. The van der Waals surface area contributed by atoms with Crippen molar-refractivity contribution in [2.24, 2.45) is 0 Å². The predicted molar refractivity (Wildman–Crippen MR) is 507 cm³/mol. The molecule has 23 aromatic rings. The highest BCUT2D eigenvalue weighted by atomic mass is 79.9. The number of hydrogen-bond acceptors (Lipinski definition) is 5. The molecule has 20 aromatic carbocycles. The molecule has 3 heterocycles. The van der Waals surface area contributed by atoms with Crippen LogP contribution in [0, 0.1) is 41.5 Å². The Balaban J connectivity index is 0.000000151. The molecule has 118 heavy (non-hydrogen) atoms. The van der Waals surface area contributed by atoms with Crippen molar-refractivity contribution >= 4 is 196 Å². The third-order valence-electron chi connectivity index (χ3n) is 24.5. The lowest BCUT2D eigenvalue weighted by atomic mass is 9.89. The van der Waals surface area contributed by atoms with Gasteiger partial charge >= 0.3 is 0 Å². The molecular formula is C111H78Br2N2O3. The van der Waals surface area contributed by atoms with E-state index in [0.717, 1.165) is 127 Å². The zero-order valence-electron chi connectivity index (χ0n) is 66.1. The van der Waals surface area contributed by atoms with E-state index >= 15 is 0 Å². The molecule has 0 amide bonds. The molecule has 0 fully saturated rings. The molecule has 0 bridgehead atoms. The number of hydrogen-bond donors (Lipinski definition) is 0. The Morgan fingerprint density at radius 3 is 0.949 bits per heavy atom. The molecular weight excluding hydrogens is 1570 g/mol. The normalized spacial score (nSPS) is 11.8. The maximum Gasteiger partial charge on any atom is 0.143 e. The third-order valence-corrected chi connectivity index (χ3v) is 25.9. The summed E-state index contributed by atoms with van der Waals surface area (Å²) in [5.74, 6) is 0. The Bertz CT molecular complexity index is 7530. The third kappa shape index (κ3) is 12.0. The first-order valence-corrected chi connectivity index (χ1v) is 42.0. The molecule has 564 valence electrons. The summed E-state index contributed by atoms with van der Waals surface area (Å²) in [6.45, 7) is 13.5. The number of benzene rings is 20. The van der Waals surface area contributed by atoms with Gasteiger partial charge in [0.05, 0.1) is 22.7 Å². The van der Waals surface area contributed by atoms with Crippen molar-refractivity contribution in [2.45, 2.75) is 48.0 Å². The van der Waals surface area contributed by atoms with Crippen molar-refractivity contribution in [3.8, 4) is 33.4 Å². The van der Waals surface area contributed by atoms with Gasteiger partial charge in [-0.25, -0.2) is 0 Å². The van der Waals surface area contributed by atoms with Crippen LogP contribution in [0.4, 0.5) is 34.1 Å². The Hall–Kier alpha value is -13.6. The topological polar surface area (TPSA) is 45.9 Å². The molecule has 0 aliphatic carbocycles. The van der Waals surface area contributed by atoms with Crippen molar-refractivity contribution in [3.05, 3.63) is 405 Å². The second-order valence-corrected chi connectivity index (χ2v) is 33.0. The molecule has 0 unspecified atom stereocenters. The van der Waals surface area contributed by atoms with Crippen molar-refractivity contribution in [3.63, 3.8) is 0 Å². The molecule has 7 heteroatoms. The lowest BCUT2D eigenvalue weighted by molar-refractivity contribution is 0.669. The number of rotatable bonds is 11. The van der Waals surface area contributed by atoms with Crippen LogP contribution in [0.5, 0.6) is 0 Å². The van der Waals surface area contributed by atoms with Crippen molar-refractivity contribution in [1.82, 2.24) is 0 Å². The Morgan fingerprint density at radius 2 is 0.551 bits per heavy atom. The molecule has 0 aliphatic heterocycles. The average molecular weight is 1650 g/mol. The molecule has 3 aromatic heterocycles. The first kappa shape index (κ1) is 72.2. The van der Waals surface area contributed by atoms with Gasteiger partial charge < -0.3 is 23.1 Å². The van der Waals surface area contributed by atoms with Crippen LogP contribution in [0.3, 0.4) is 0 Å². The minimum Gasteiger partial charge on any atom is -0.455 e. The minimum absolute atomic E-state index is 0.898. The number of fused-ring (bicyclic) bond motifs is 9. The predicted octanol–water partition coefficient (Wildman–Crippen LogP) is 33.5. The van der Waals surface area contributed by atoms with E-state index in [1.54, 1.807) is 0 Å². The highest BCUT2D eigenvalue weighted by Gasteiger charge is 2.28. The summed E-state index contributed by atoms with van der Waals surface area (Å²) in [4.78, 5) is 4.97. The zero-order chi connectivity index (χ0) is 79.6. The lowest BCUT2D eigenvalue weighted by Crippen LogP contribution is -2.14. The standard InChI is InChI=1S/C68H48N2O2.C27H22O.C16H8Br2/c1-41-29-35-49(53-23-15-25-55-51-21-11-13-27-61(51)71-67(53)55)43(3)65(41)69(47-17-7-5-8-18-47)59-39-33-45-32-38-58-60(40-34-46-31-37-57(59)63(45)64(46)58)70(48-19-9-6-10-20-48)66-42(2)30-36-50(44(66)4)54-24-16-26-56-52-22-12-14-28-62(52)72-68(54)56;1-18-15-16-21(19(2)25(18)17-20-9-4-3-5-10-20)23-12-8-13-24-22-11-6-7-14-26(22)28-27(23)24;17-13-8-4-10-2-6-12-14(18)7-3-9-1-5-11(13)16(10)15(9)12/h5-40H,1-4H3;3-16H,17H2,1-2H3;1-8H. The number of anilines is 6. The molecule has 0 N–H and O–H groups in total. The van der Waals surface area contributed by atoms with E-state index in [1.165, 1.54) is 131 Å². The van der Waals surface area contributed by atoms with Gasteiger partial charge in [0, 0.05) is 80.1 Å². The largest absolute Gasteiger partial charge is 0.455 e. The zero-order valence-corrected chi connectivity index (χ0v) is 69.2. The summed E-state index contributed by atoms with van der Waals surface area (Å²) in [7, 11) is 0. The first-order valence-electron chi connectivity index (χ1n) is 40.4. The van der Waals surface area contributed by atoms with E-state index in [9.17, 15) is 0 Å². The molecule has 5 nitrogen and oxygen atoms in total. The van der Waals surface area contributed by atoms with Gasteiger partial charge in [-0.1, -0.05) is 317 Å². The molecule has 0 saturated carbocycles. The Labute approximate surface area is 700 Å². The summed E-state index contributed by atoms with van der Waals surface area (Å²) < 4.78 is 21.9. The first-order chi connectivity index (χ1) is 57.9. The van der Waals surface area contributed by atoms with Crippen molar-refractivity contribution in [2.75, 3.05) is 9.80 Å². The SMILES string of the molecule is Brc1ccc2ccc3c(Br)ccc4ccc1c2c43.Cc1ccc(-c2cccc3c2oc2ccccc23)c(C)c1Cc1ccccc1.Cc1ccc(-c2cccc3c2oc2ccccc23)c(C)c1N(c1ccccc1)c1ccc2ccc3c(N(c4ccccc4)c4c(C)ccc(-c5cccc6c5oc5ccccc56)c4C)ccc4ccc1c2c43. The highest BCUT2D eigenvalue weighted by Crippen LogP contribution is 2.53. The van der Waals surface area contributed by atoms with Gasteiger partial charge in [0.2, 0.25) is 0 Å². The fourth-order valence-electron chi connectivity index (χ4n) is 18.9. The van der Waals surface area contributed by atoms with E-state index in [4.69, 9.17) is 13.3 Å². The fourth-order valence-corrected chi connectivity index (χ4v) is 19.8. The van der Waals surface area contributed by atoms with Gasteiger partial charge in [0.1, 0.15) is 33.5 Å². The molecule has 0 atom stereocenters. The summed E-state index contributed by atoms with van der Waals surface area (Å²) in [5.41, 5.74) is 29.3. The van der Waals surface area contributed by atoms with Crippen molar-refractivity contribution in [1.29, 1.82) is 0 Å². The van der Waals surface area contributed by atoms with Crippen LogP contribution >= 0.6 is 31.9 Å². The quantitative estimate of drug-likeness (QED) is 0.121. The van der Waals surface area contributed by atoms with E-state index in [1.807, 2.05) is 24.3 Å². The van der Waals surface area contributed by atoms with E-state index in [2.05, 4.69) is 411 Å². The number of aryl methyl sites for hydroxylation is 3. The average Bonchev–Trinajstić information content (AvgIpc) is 1.04. The number of para-hydroxylation sites is 8. The van der Waals surface area contributed by atoms with Crippen LogP contribution in [-0.2, 0) is 6.42 Å². The molecule has 0 spiro atoms. The van der Waals surface area contributed by atoms with Crippen LogP contribution in [-0.4, -0.2) is 0 Å². The summed E-state index contributed by atoms with van der Waals surface area (Å²) >= 11 is 7.30. The van der Waals surface area contributed by atoms with Crippen molar-refractivity contribution < 1.29 is 13.3 Å². The molecule has 0 radical (unpaired) electrons. The van der Waals surface area contributed by atoms with Crippen LogP contribution in [0.15, 0.2) is 374 Å². The van der Waals surface area contributed by atoms with Crippen LogP contribution in [0.2, 0.25) is 0 Å². The van der Waals surface area contributed by atoms with Gasteiger partial charge in [-0.15, -0.1) is 0 Å². The van der Waals surface area contributed by atoms with E-state index in [0.29, 0.717) is 0 Å². The lowest BCUT2D eigenvalue weighted by Gasteiger charge is -2.32. The number of nitrogens with zero attached hydrogens (tertiary/aromatic N) is 2. The van der Waals surface area contributed by atoms with Crippen LogP contribution < -0.4 is 9.80 Å². The van der Waals surface area contributed by atoms with Crippen LogP contribution in [0.25, 0.3) is 164 Å². The summed E-state index contributed by atoms with van der Waals surface area (Å²) in [6, 6.07) is 126. The van der Waals surface area contributed by atoms with Gasteiger partial charge in [-0.3, -0.25) is 0 Å². The number of furan rings is 3. The molecule has 23 rings (SSSR count). The minimum atomic E-state index is 0.898. The van der Waals surface area contributed by atoms with Crippen LogP contribution in [0.1, 0.15) is 44.5 Å². The Morgan fingerprint density at radius 1 is 0.237 bits per heavy atom. The fraction of sp³-hybridized carbons (Fsp3) is 0.0631. The van der Waals surface area contributed by atoms with Gasteiger partial charge in [0.15, 0.2) is 0 Å². The smallest absolute Gasteiger partial charge is 0.143 e. The second kappa shape index (κ2) is 29.3. The van der Waals surface area contributed by atoms with E-state index in [-0.39, 0.29) is 0 Å². The highest BCUT2D eigenvalue weighted by molar-refractivity contribution is 9.11. The molecule has 0 saturated heterocycles. The molecule has 0 aliphatic rings. The van der Waals surface area contributed by atoms with Gasteiger partial charge in [-0.2, -0.15) is 0 Å². The second-order valence-electron chi connectivity index (χ2n) is 31.3. The maximum atomic E-state index is 6.64. The van der Waals surface area contributed by atoms with Gasteiger partial charge in [-0.05, 0) is 230 Å².